The molecule has 0 radical (unpaired) electrons. The molecule has 0 amide bonds. The lowest BCUT2D eigenvalue weighted by Gasteiger charge is -2.12. The maximum atomic E-state index is 13.1. The monoisotopic (exact) mass is 278 g/mol. The van der Waals surface area contributed by atoms with Crippen LogP contribution in [0.25, 0.3) is 0 Å². The van der Waals surface area contributed by atoms with Gasteiger partial charge in [-0.1, -0.05) is 18.2 Å². The van der Waals surface area contributed by atoms with Crippen LogP contribution in [-0.2, 0) is 0 Å². The summed E-state index contributed by atoms with van der Waals surface area (Å²) in [5.41, 5.74) is 1.27. The van der Waals surface area contributed by atoms with E-state index in [9.17, 15) is 8.78 Å². The molecular weight excluding hydrogens is 266 g/mol. The van der Waals surface area contributed by atoms with Gasteiger partial charge in [-0.2, -0.15) is 0 Å². The van der Waals surface area contributed by atoms with Crippen LogP contribution in [0.1, 0.15) is 11.5 Å². The van der Waals surface area contributed by atoms with Crippen molar-refractivity contribution < 1.29 is 13.5 Å². The molecule has 1 atom stereocenters. The van der Waals surface area contributed by atoms with Crippen LogP contribution in [0.5, 0.6) is 5.75 Å². The Morgan fingerprint density at radius 1 is 1.11 bits per heavy atom. The molecule has 4 heteroatoms. The van der Waals surface area contributed by atoms with Crippen LogP contribution < -0.4 is 4.74 Å². The van der Waals surface area contributed by atoms with E-state index < -0.39 is 11.6 Å². The number of hydrogen-bond acceptors (Lipinski definition) is 2. The number of ether oxygens (including phenoxy) is 1. The Balaban J connectivity index is 1.69. The molecule has 1 nitrogen and oxygen atoms in total. The highest BCUT2D eigenvalue weighted by Crippen LogP contribution is 2.39. The standard InChI is InChI=1S/C15H12F2OS/c16-13-6-5-11(7-14(13)17)18-8-10-9-19-15-4-2-1-3-12(10)15/h1-7,10H,8-9H2. The highest BCUT2D eigenvalue weighted by atomic mass is 32.2. The zero-order valence-electron chi connectivity index (χ0n) is 10.1. The van der Waals surface area contributed by atoms with Gasteiger partial charge in [0.05, 0.1) is 6.61 Å². The molecule has 98 valence electrons. The Kier molecular flexibility index (Phi) is 3.42. The van der Waals surface area contributed by atoms with Crippen LogP contribution in [0, 0.1) is 11.6 Å². The van der Waals surface area contributed by atoms with Crippen LogP contribution in [0.2, 0.25) is 0 Å². The second kappa shape index (κ2) is 5.21. The van der Waals surface area contributed by atoms with E-state index in [1.807, 2.05) is 12.1 Å². The van der Waals surface area contributed by atoms with Crippen molar-refractivity contribution in [3.63, 3.8) is 0 Å². The number of thioether (sulfide) groups is 1. The lowest BCUT2D eigenvalue weighted by atomic mass is 10.0. The number of benzene rings is 2. The molecule has 0 N–H and O–H groups in total. The molecule has 2 aromatic rings. The van der Waals surface area contributed by atoms with E-state index in [-0.39, 0.29) is 0 Å². The molecule has 1 aliphatic heterocycles. The SMILES string of the molecule is Fc1ccc(OCC2CSc3ccccc32)cc1F. The van der Waals surface area contributed by atoms with E-state index in [2.05, 4.69) is 12.1 Å². The van der Waals surface area contributed by atoms with Crippen molar-refractivity contribution in [1.82, 2.24) is 0 Å². The minimum absolute atomic E-state index is 0.300. The second-order valence-electron chi connectivity index (χ2n) is 4.43. The molecule has 0 aliphatic carbocycles. The van der Waals surface area contributed by atoms with Crippen LogP contribution in [-0.4, -0.2) is 12.4 Å². The predicted octanol–water partition coefficient (Wildman–Crippen LogP) is 4.23. The van der Waals surface area contributed by atoms with Crippen LogP contribution in [0.3, 0.4) is 0 Å². The summed E-state index contributed by atoms with van der Waals surface area (Å²) in [5.74, 6) is -0.0985. The van der Waals surface area contributed by atoms with Crippen molar-refractivity contribution in [2.45, 2.75) is 10.8 Å². The Labute approximate surface area is 114 Å². The van der Waals surface area contributed by atoms with E-state index in [1.165, 1.54) is 16.5 Å². The Bertz CT molecular complexity index is 600. The lowest BCUT2D eigenvalue weighted by molar-refractivity contribution is 0.295. The lowest BCUT2D eigenvalue weighted by Crippen LogP contribution is -2.09. The number of halogens is 2. The summed E-state index contributed by atoms with van der Waals surface area (Å²) in [5, 5.41) is 0. The van der Waals surface area contributed by atoms with Crippen LogP contribution in [0.15, 0.2) is 47.4 Å². The highest BCUT2D eigenvalue weighted by molar-refractivity contribution is 7.99. The molecule has 1 heterocycles. The summed E-state index contributed by atoms with van der Waals surface area (Å²) in [6.45, 7) is 0.481. The van der Waals surface area contributed by atoms with Crippen molar-refractivity contribution >= 4 is 11.8 Å². The van der Waals surface area contributed by atoms with Gasteiger partial charge in [-0.15, -0.1) is 11.8 Å². The Hall–Kier alpha value is -1.55. The first-order chi connectivity index (χ1) is 9.24. The first-order valence-electron chi connectivity index (χ1n) is 6.03. The third kappa shape index (κ3) is 2.59. The highest BCUT2D eigenvalue weighted by Gasteiger charge is 2.23. The van der Waals surface area contributed by atoms with Crippen molar-refractivity contribution in [2.75, 3.05) is 12.4 Å². The predicted molar refractivity (Wildman–Crippen MR) is 71.8 cm³/mol. The van der Waals surface area contributed by atoms with Gasteiger partial charge in [0, 0.05) is 22.6 Å². The van der Waals surface area contributed by atoms with Gasteiger partial charge >= 0.3 is 0 Å². The van der Waals surface area contributed by atoms with Gasteiger partial charge in [-0.25, -0.2) is 8.78 Å². The van der Waals surface area contributed by atoms with E-state index in [0.29, 0.717) is 18.3 Å². The summed E-state index contributed by atoms with van der Waals surface area (Å²) in [4.78, 5) is 1.28. The van der Waals surface area contributed by atoms with Crippen molar-refractivity contribution in [1.29, 1.82) is 0 Å². The summed E-state index contributed by atoms with van der Waals surface area (Å²) < 4.78 is 31.4. The Morgan fingerprint density at radius 3 is 2.79 bits per heavy atom. The summed E-state index contributed by atoms with van der Waals surface area (Å²) in [6, 6.07) is 11.8. The molecule has 2 aromatic carbocycles. The minimum Gasteiger partial charge on any atom is -0.493 e. The van der Waals surface area contributed by atoms with E-state index >= 15 is 0 Å². The molecular formula is C15H12F2OS. The molecule has 0 saturated heterocycles. The quantitative estimate of drug-likeness (QED) is 0.830. The van der Waals surface area contributed by atoms with Crippen molar-refractivity contribution in [2.24, 2.45) is 0 Å². The van der Waals surface area contributed by atoms with Gasteiger partial charge in [0.25, 0.3) is 0 Å². The maximum Gasteiger partial charge on any atom is 0.162 e. The second-order valence-corrected chi connectivity index (χ2v) is 5.49. The molecule has 0 saturated carbocycles. The molecule has 0 spiro atoms. The smallest absolute Gasteiger partial charge is 0.162 e. The number of fused-ring (bicyclic) bond motifs is 1. The van der Waals surface area contributed by atoms with Crippen LogP contribution >= 0.6 is 11.8 Å². The van der Waals surface area contributed by atoms with Gasteiger partial charge in [-0.05, 0) is 23.8 Å². The van der Waals surface area contributed by atoms with Gasteiger partial charge in [-0.3, -0.25) is 0 Å². The zero-order chi connectivity index (χ0) is 13.2. The van der Waals surface area contributed by atoms with E-state index in [4.69, 9.17) is 4.74 Å². The average Bonchev–Trinajstić information content (AvgIpc) is 2.83. The van der Waals surface area contributed by atoms with Crippen molar-refractivity contribution in [3.05, 3.63) is 59.7 Å². The van der Waals surface area contributed by atoms with E-state index in [1.54, 1.807) is 11.8 Å². The Morgan fingerprint density at radius 2 is 1.95 bits per heavy atom. The summed E-state index contributed by atoms with van der Waals surface area (Å²) in [6.07, 6.45) is 0. The van der Waals surface area contributed by atoms with Crippen molar-refractivity contribution in [3.8, 4) is 5.75 Å². The van der Waals surface area contributed by atoms with Crippen LogP contribution in [0.4, 0.5) is 8.78 Å². The first kappa shape index (κ1) is 12.5. The molecule has 0 aromatic heterocycles. The normalized spacial score (nSPS) is 17.3. The fourth-order valence-corrected chi connectivity index (χ4v) is 3.36. The van der Waals surface area contributed by atoms with Gasteiger partial charge in [0.2, 0.25) is 0 Å². The fourth-order valence-electron chi connectivity index (χ4n) is 2.13. The summed E-state index contributed by atoms with van der Waals surface area (Å²) >= 11 is 1.80. The van der Waals surface area contributed by atoms with E-state index in [0.717, 1.165) is 17.9 Å². The molecule has 0 fully saturated rings. The van der Waals surface area contributed by atoms with Gasteiger partial charge in [0.1, 0.15) is 5.75 Å². The number of rotatable bonds is 3. The molecule has 19 heavy (non-hydrogen) atoms. The topological polar surface area (TPSA) is 9.23 Å². The van der Waals surface area contributed by atoms with Gasteiger partial charge in [0.15, 0.2) is 11.6 Å². The molecule has 1 aliphatic rings. The number of hydrogen-bond donors (Lipinski definition) is 0. The average molecular weight is 278 g/mol. The zero-order valence-corrected chi connectivity index (χ0v) is 10.9. The first-order valence-corrected chi connectivity index (χ1v) is 7.02. The molecule has 3 rings (SSSR count). The largest absolute Gasteiger partial charge is 0.493 e. The van der Waals surface area contributed by atoms with Gasteiger partial charge < -0.3 is 4.74 Å². The molecule has 0 bridgehead atoms. The third-order valence-corrected chi connectivity index (χ3v) is 4.39. The fraction of sp³-hybridized carbons (Fsp3) is 0.200. The third-order valence-electron chi connectivity index (χ3n) is 3.14. The molecule has 1 unspecified atom stereocenters. The summed E-state index contributed by atoms with van der Waals surface area (Å²) in [7, 11) is 0. The minimum atomic E-state index is -0.876. The maximum absolute atomic E-state index is 13.1.